The average Bonchev–Trinajstić information content (AvgIpc) is 2.62. The Hall–Kier alpha value is -3.49. The molecule has 0 aliphatic heterocycles. The summed E-state index contributed by atoms with van der Waals surface area (Å²) >= 11 is 0. The zero-order valence-corrected chi connectivity index (χ0v) is 15.0. The molecule has 2 aromatic rings. The maximum Gasteiger partial charge on any atom is 0.285 e. The minimum atomic E-state index is -0.631. The number of hydrogen-bond donors (Lipinski definition) is 2. The van der Waals surface area contributed by atoms with Crippen LogP contribution in [0.15, 0.2) is 47.4 Å². The molecule has 0 saturated carbocycles. The van der Waals surface area contributed by atoms with Gasteiger partial charge in [0.15, 0.2) is 0 Å². The van der Waals surface area contributed by atoms with Gasteiger partial charge in [-0.3, -0.25) is 29.1 Å². The van der Waals surface area contributed by atoms with Crippen molar-refractivity contribution < 1.29 is 14.5 Å². The van der Waals surface area contributed by atoms with Gasteiger partial charge in [-0.05, 0) is 17.7 Å². The molecule has 1 aromatic carbocycles. The van der Waals surface area contributed by atoms with E-state index >= 15 is 0 Å². The van der Waals surface area contributed by atoms with E-state index in [1.807, 2.05) is 0 Å². The summed E-state index contributed by atoms with van der Waals surface area (Å²) in [7, 11) is 0. The largest absolute Gasteiger partial charge is 0.350 e. The first kappa shape index (κ1) is 19.8. The molecule has 0 fully saturated rings. The highest BCUT2D eigenvalue weighted by Gasteiger charge is 2.11. The third kappa shape index (κ3) is 5.77. The third-order valence-corrected chi connectivity index (χ3v) is 3.73. The highest BCUT2D eigenvalue weighted by atomic mass is 16.6. The van der Waals surface area contributed by atoms with Gasteiger partial charge in [-0.15, -0.1) is 0 Å². The van der Waals surface area contributed by atoms with Crippen LogP contribution in [0.4, 0.5) is 11.4 Å². The number of pyridine rings is 1. The molecule has 9 nitrogen and oxygen atoms in total. The molecule has 142 valence electrons. The number of carbonyl (C=O) groups excluding carboxylic acids is 2. The molecule has 0 radical (unpaired) electrons. The number of rotatable bonds is 7. The molecule has 2 amide bonds. The zero-order valence-electron chi connectivity index (χ0n) is 15.0. The van der Waals surface area contributed by atoms with Crippen molar-refractivity contribution in [3.05, 3.63) is 68.6 Å². The molecule has 0 saturated heterocycles. The fourth-order valence-corrected chi connectivity index (χ4v) is 2.15. The molecule has 0 atom stereocenters. The van der Waals surface area contributed by atoms with Crippen LogP contribution in [-0.2, 0) is 22.7 Å². The number of nitrogens with zero attached hydrogens (tertiary/aromatic N) is 2. The molecule has 27 heavy (non-hydrogen) atoms. The summed E-state index contributed by atoms with van der Waals surface area (Å²) in [6, 6.07) is 9.12. The maximum absolute atomic E-state index is 12.0. The highest BCUT2D eigenvalue weighted by molar-refractivity contribution is 5.92. The highest BCUT2D eigenvalue weighted by Crippen LogP contribution is 2.11. The number of aromatic nitrogens is 1. The van der Waals surface area contributed by atoms with Crippen LogP contribution in [0, 0.1) is 16.0 Å². The molecular weight excluding hydrogens is 352 g/mol. The molecule has 1 heterocycles. The van der Waals surface area contributed by atoms with E-state index in [4.69, 9.17) is 0 Å². The third-order valence-electron chi connectivity index (χ3n) is 3.73. The van der Waals surface area contributed by atoms with E-state index in [0.29, 0.717) is 5.69 Å². The molecule has 9 heteroatoms. The standard InChI is InChI=1S/C18H20N4O5/c1-12(2)18(25)20-14-5-3-13(4-6-14)9-19-16(23)11-21-10-15(22(26)27)7-8-17(21)24/h3-8,10,12H,9,11H2,1-2H3,(H,19,23)(H,20,25). The molecule has 2 N–H and O–H groups in total. The summed E-state index contributed by atoms with van der Waals surface area (Å²) < 4.78 is 0.984. The predicted molar refractivity (Wildman–Crippen MR) is 99.1 cm³/mol. The fourth-order valence-electron chi connectivity index (χ4n) is 2.15. The van der Waals surface area contributed by atoms with Crippen molar-refractivity contribution in [3.63, 3.8) is 0 Å². The van der Waals surface area contributed by atoms with Crippen molar-refractivity contribution in [3.8, 4) is 0 Å². The van der Waals surface area contributed by atoms with Gasteiger partial charge in [-0.2, -0.15) is 0 Å². The Bertz CT molecular complexity index is 903. The average molecular weight is 372 g/mol. The smallest absolute Gasteiger partial charge is 0.285 e. The number of hydrogen-bond acceptors (Lipinski definition) is 5. The van der Waals surface area contributed by atoms with E-state index in [1.54, 1.807) is 38.1 Å². The first-order valence-corrected chi connectivity index (χ1v) is 8.27. The van der Waals surface area contributed by atoms with Gasteiger partial charge in [-0.25, -0.2) is 0 Å². The Labute approximate surface area is 155 Å². The SMILES string of the molecule is CC(C)C(=O)Nc1ccc(CNC(=O)Cn2cc([N+](=O)[O-])ccc2=O)cc1. The summed E-state index contributed by atoms with van der Waals surface area (Å²) in [5.41, 5.74) is 0.701. The van der Waals surface area contributed by atoms with Crippen molar-refractivity contribution in [2.75, 3.05) is 5.32 Å². The van der Waals surface area contributed by atoms with Crippen LogP contribution in [0.2, 0.25) is 0 Å². The zero-order chi connectivity index (χ0) is 20.0. The summed E-state index contributed by atoms with van der Waals surface area (Å²) in [6.07, 6.45) is 1.04. The van der Waals surface area contributed by atoms with Crippen molar-refractivity contribution >= 4 is 23.2 Å². The van der Waals surface area contributed by atoms with Crippen LogP contribution in [-0.4, -0.2) is 21.3 Å². The van der Waals surface area contributed by atoms with Crippen LogP contribution in [0.25, 0.3) is 0 Å². The van der Waals surface area contributed by atoms with E-state index in [0.717, 1.165) is 28.5 Å². The van der Waals surface area contributed by atoms with Crippen molar-refractivity contribution in [2.45, 2.75) is 26.9 Å². The summed E-state index contributed by atoms with van der Waals surface area (Å²) in [4.78, 5) is 45.5. The molecule has 0 spiro atoms. The van der Waals surface area contributed by atoms with Gasteiger partial charge >= 0.3 is 0 Å². The Morgan fingerprint density at radius 1 is 1.15 bits per heavy atom. The number of carbonyl (C=O) groups is 2. The van der Waals surface area contributed by atoms with Crippen LogP contribution in [0.5, 0.6) is 0 Å². The molecule has 0 bridgehead atoms. The fraction of sp³-hybridized carbons (Fsp3) is 0.278. The minimum Gasteiger partial charge on any atom is -0.350 e. The van der Waals surface area contributed by atoms with E-state index in [2.05, 4.69) is 10.6 Å². The Balaban J connectivity index is 1.92. The number of benzene rings is 1. The van der Waals surface area contributed by atoms with E-state index < -0.39 is 16.4 Å². The van der Waals surface area contributed by atoms with Gasteiger partial charge in [0, 0.05) is 30.3 Å². The Morgan fingerprint density at radius 2 is 1.81 bits per heavy atom. The number of nitrogens with one attached hydrogen (secondary N) is 2. The van der Waals surface area contributed by atoms with E-state index in [-0.39, 0.29) is 30.6 Å². The lowest BCUT2D eigenvalue weighted by Gasteiger charge is -2.10. The monoisotopic (exact) mass is 372 g/mol. The quantitative estimate of drug-likeness (QED) is 0.565. The maximum atomic E-state index is 12.0. The van der Waals surface area contributed by atoms with Gasteiger partial charge < -0.3 is 10.6 Å². The lowest BCUT2D eigenvalue weighted by Crippen LogP contribution is -2.31. The van der Waals surface area contributed by atoms with Crippen LogP contribution in [0.3, 0.4) is 0 Å². The van der Waals surface area contributed by atoms with Gasteiger partial charge in [0.1, 0.15) is 6.54 Å². The molecule has 1 aromatic heterocycles. The Morgan fingerprint density at radius 3 is 2.41 bits per heavy atom. The minimum absolute atomic E-state index is 0.0848. The van der Waals surface area contributed by atoms with Crippen molar-refractivity contribution in [1.82, 2.24) is 9.88 Å². The lowest BCUT2D eigenvalue weighted by molar-refractivity contribution is -0.385. The first-order valence-electron chi connectivity index (χ1n) is 8.27. The Kier molecular flexibility index (Phi) is 6.42. The summed E-state index contributed by atoms with van der Waals surface area (Å²) in [5, 5.41) is 16.2. The van der Waals surface area contributed by atoms with Gasteiger partial charge in [0.25, 0.3) is 11.2 Å². The molecule has 0 aliphatic carbocycles. The first-order chi connectivity index (χ1) is 12.8. The van der Waals surface area contributed by atoms with Gasteiger partial charge in [-0.1, -0.05) is 26.0 Å². The number of amides is 2. The molecule has 0 aliphatic rings. The number of nitro groups is 1. The van der Waals surface area contributed by atoms with Gasteiger partial charge in [0.05, 0.1) is 11.1 Å². The predicted octanol–water partition coefficient (Wildman–Crippen LogP) is 1.67. The molecule has 2 rings (SSSR count). The van der Waals surface area contributed by atoms with Gasteiger partial charge in [0.2, 0.25) is 11.8 Å². The van der Waals surface area contributed by atoms with Crippen LogP contribution in [0.1, 0.15) is 19.4 Å². The van der Waals surface area contributed by atoms with Crippen LogP contribution >= 0.6 is 0 Å². The van der Waals surface area contributed by atoms with Crippen LogP contribution < -0.4 is 16.2 Å². The molecular formula is C18H20N4O5. The topological polar surface area (TPSA) is 123 Å². The summed E-state index contributed by atoms with van der Waals surface area (Å²) in [6.45, 7) is 3.50. The second-order valence-corrected chi connectivity index (χ2v) is 6.23. The second-order valence-electron chi connectivity index (χ2n) is 6.23. The van der Waals surface area contributed by atoms with E-state index in [9.17, 15) is 24.5 Å². The summed E-state index contributed by atoms with van der Waals surface area (Å²) in [5.74, 6) is -0.658. The normalized spacial score (nSPS) is 10.5. The molecule has 0 unspecified atom stereocenters. The number of anilines is 1. The van der Waals surface area contributed by atoms with Crippen molar-refractivity contribution in [1.29, 1.82) is 0 Å². The lowest BCUT2D eigenvalue weighted by atomic mass is 10.1. The van der Waals surface area contributed by atoms with Crippen molar-refractivity contribution in [2.24, 2.45) is 5.92 Å². The second kappa shape index (κ2) is 8.75. The van der Waals surface area contributed by atoms with E-state index in [1.165, 1.54) is 0 Å².